The molecule has 0 fully saturated rings. The van der Waals surface area contributed by atoms with Crippen LogP contribution in [0.5, 0.6) is 0 Å². The molecule has 32 heavy (non-hydrogen) atoms. The van der Waals surface area contributed by atoms with Crippen LogP contribution in [-0.2, 0) is 15.3 Å². The Hall–Kier alpha value is -3.32. The van der Waals surface area contributed by atoms with Crippen molar-refractivity contribution in [3.05, 3.63) is 59.0 Å². The van der Waals surface area contributed by atoms with Crippen LogP contribution in [-0.4, -0.2) is 37.5 Å². The Bertz CT molecular complexity index is 1300. The highest BCUT2D eigenvalue weighted by Gasteiger charge is 2.57. The number of nitriles is 1. The lowest BCUT2D eigenvalue weighted by Crippen LogP contribution is -2.58. The van der Waals surface area contributed by atoms with E-state index in [2.05, 4.69) is 19.7 Å². The average molecular weight is 455 g/mol. The van der Waals surface area contributed by atoms with Gasteiger partial charge >= 0.3 is 0 Å². The van der Waals surface area contributed by atoms with Gasteiger partial charge in [-0.15, -0.1) is 0 Å². The zero-order valence-corrected chi connectivity index (χ0v) is 18.7. The molecule has 0 aliphatic carbocycles. The summed E-state index contributed by atoms with van der Waals surface area (Å²) < 4.78 is 32.3. The van der Waals surface area contributed by atoms with E-state index in [1.54, 1.807) is 20.8 Å². The highest BCUT2D eigenvalue weighted by molar-refractivity contribution is 7.96. The van der Waals surface area contributed by atoms with Crippen LogP contribution in [0.15, 0.2) is 45.8 Å². The van der Waals surface area contributed by atoms with Crippen molar-refractivity contribution in [1.82, 2.24) is 4.98 Å². The van der Waals surface area contributed by atoms with Crippen LogP contribution in [0.1, 0.15) is 48.8 Å². The van der Waals surface area contributed by atoms with E-state index in [1.165, 1.54) is 36.4 Å². The Morgan fingerprint density at radius 3 is 2.59 bits per heavy atom. The summed E-state index contributed by atoms with van der Waals surface area (Å²) in [6.07, 6.45) is 0.471. The lowest BCUT2D eigenvalue weighted by atomic mass is 9.89. The number of pyridine rings is 1. The topological polar surface area (TPSA) is 134 Å². The molecule has 3 N–H and O–H groups in total. The van der Waals surface area contributed by atoms with Crippen molar-refractivity contribution in [2.45, 2.75) is 42.7 Å². The maximum atomic E-state index is 15.0. The van der Waals surface area contributed by atoms with E-state index in [1.807, 2.05) is 6.07 Å². The number of benzene rings is 1. The zero-order chi connectivity index (χ0) is 23.3. The van der Waals surface area contributed by atoms with Gasteiger partial charge in [-0.1, -0.05) is 0 Å². The molecular formula is C22H23FN6O2S. The second-order valence-corrected chi connectivity index (χ2v) is 11.5. The molecule has 0 bridgehead atoms. The first-order chi connectivity index (χ1) is 15.0. The van der Waals surface area contributed by atoms with E-state index < -0.39 is 37.0 Å². The number of rotatable bonds is 3. The first-order valence-electron chi connectivity index (χ1n) is 10.1. The molecule has 0 unspecified atom stereocenters. The molecule has 0 saturated heterocycles. The summed E-state index contributed by atoms with van der Waals surface area (Å²) in [5.74, 6) is -0.830. The summed E-state index contributed by atoms with van der Waals surface area (Å²) in [7, 11) is -2.83. The number of aliphatic imine (C=N–C) groups is 1. The number of halogens is 1. The molecule has 2 aromatic rings. The van der Waals surface area contributed by atoms with Crippen molar-refractivity contribution >= 4 is 27.3 Å². The highest BCUT2D eigenvalue weighted by atomic mass is 32.2. The number of aromatic nitrogens is 1. The molecule has 2 aliphatic rings. The Kier molecular flexibility index (Phi) is 5.05. The van der Waals surface area contributed by atoms with Crippen LogP contribution in [0.2, 0.25) is 0 Å². The quantitative estimate of drug-likeness (QED) is 0.735. The van der Waals surface area contributed by atoms with Gasteiger partial charge < -0.3 is 11.1 Å². The number of hydrogen-bond acceptors (Lipinski definition) is 7. The number of carbonyl (C=O) groups is 1. The van der Waals surface area contributed by atoms with E-state index in [9.17, 15) is 9.00 Å². The fourth-order valence-electron chi connectivity index (χ4n) is 4.23. The van der Waals surface area contributed by atoms with Crippen LogP contribution >= 0.6 is 0 Å². The molecular weight excluding hydrogens is 431 g/mol. The number of fused-ring (bicyclic) bond motifs is 1. The number of nitrogens with two attached hydrogens (primary N) is 1. The first-order valence-corrected chi connectivity index (χ1v) is 11.7. The smallest absolute Gasteiger partial charge is 0.256 e. The molecule has 4 rings (SSSR count). The monoisotopic (exact) mass is 454 g/mol. The van der Waals surface area contributed by atoms with Crippen molar-refractivity contribution in [3.8, 4) is 6.07 Å². The molecule has 3 heterocycles. The largest absolute Gasteiger partial charge is 0.386 e. The fraction of sp³-hybridized carbons (Fsp3) is 0.364. The van der Waals surface area contributed by atoms with Crippen molar-refractivity contribution in [2.24, 2.45) is 15.1 Å². The van der Waals surface area contributed by atoms with E-state index in [-0.39, 0.29) is 17.3 Å². The van der Waals surface area contributed by atoms with Crippen LogP contribution < -0.4 is 11.1 Å². The lowest BCUT2D eigenvalue weighted by molar-refractivity contribution is 0.102. The SMILES string of the molecule is CC1(C)C(N)=N[C@](C)(c2nc(NC(=O)c3ccc(C#N)cc3)ccc2F)[C@@H]2CCN=[S@@]21=O. The van der Waals surface area contributed by atoms with Crippen molar-refractivity contribution in [1.29, 1.82) is 5.26 Å². The Morgan fingerprint density at radius 2 is 1.94 bits per heavy atom. The molecule has 1 amide bonds. The second-order valence-electron chi connectivity index (χ2n) is 8.52. The van der Waals surface area contributed by atoms with E-state index in [0.717, 1.165) is 0 Å². The third-order valence-electron chi connectivity index (χ3n) is 6.23. The second kappa shape index (κ2) is 7.38. The predicted molar refractivity (Wildman–Crippen MR) is 120 cm³/mol. The van der Waals surface area contributed by atoms with Gasteiger partial charge in [0, 0.05) is 12.1 Å². The van der Waals surface area contributed by atoms with E-state index in [4.69, 9.17) is 11.0 Å². The summed E-state index contributed by atoms with van der Waals surface area (Å²) >= 11 is 0. The fourth-order valence-corrected chi connectivity index (χ4v) is 7.38. The van der Waals surface area contributed by atoms with Gasteiger partial charge in [0.2, 0.25) is 0 Å². The Balaban J connectivity index is 1.74. The summed E-state index contributed by atoms with van der Waals surface area (Å²) in [6.45, 7) is 5.53. The molecule has 166 valence electrons. The third kappa shape index (κ3) is 3.15. The molecule has 8 nitrogen and oxygen atoms in total. The minimum atomic E-state index is -2.83. The lowest BCUT2D eigenvalue weighted by Gasteiger charge is -2.44. The van der Waals surface area contributed by atoms with Gasteiger partial charge in [-0.05, 0) is 63.6 Å². The van der Waals surface area contributed by atoms with Crippen molar-refractivity contribution < 1.29 is 13.4 Å². The van der Waals surface area contributed by atoms with Crippen LogP contribution in [0.25, 0.3) is 0 Å². The molecule has 0 saturated carbocycles. The molecule has 10 heteroatoms. The summed E-state index contributed by atoms with van der Waals surface area (Å²) in [4.78, 5) is 21.5. The molecule has 1 aromatic carbocycles. The van der Waals surface area contributed by atoms with Gasteiger partial charge in [0.15, 0.2) is 0 Å². The summed E-state index contributed by atoms with van der Waals surface area (Å²) in [6, 6.07) is 10.6. The van der Waals surface area contributed by atoms with Gasteiger partial charge in [0.05, 0.1) is 26.6 Å². The normalized spacial score (nSPS) is 28.1. The predicted octanol–water partition coefficient (Wildman–Crippen LogP) is 2.95. The number of carbonyl (C=O) groups excluding carboxylic acids is 1. The summed E-state index contributed by atoms with van der Waals surface area (Å²) in [5.41, 5.74) is 5.62. The van der Waals surface area contributed by atoms with Gasteiger partial charge in [0.25, 0.3) is 5.91 Å². The van der Waals surface area contributed by atoms with Gasteiger partial charge in [-0.3, -0.25) is 9.79 Å². The Morgan fingerprint density at radius 1 is 1.25 bits per heavy atom. The van der Waals surface area contributed by atoms with Crippen LogP contribution in [0, 0.1) is 17.1 Å². The molecule has 3 atom stereocenters. The van der Waals surface area contributed by atoms with Gasteiger partial charge in [-0.25, -0.2) is 17.9 Å². The van der Waals surface area contributed by atoms with E-state index >= 15 is 4.39 Å². The minimum Gasteiger partial charge on any atom is -0.386 e. The maximum Gasteiger partial charge on any atom is 0.256 e. The van der Waals surface area contributed by atoms with Gasteiger partial charge in [0.1, 0.15) is 33.5 Å². The van der Waals surface area contributed by atoms with Crippen LogP contribution in [0.4, 0.5) is 10.2 Å². The zero-order valence-electron chi connectivity index (χ0n) is 17.9. The van der Waals surface area contributed by atoms with Crippen molar-refractivity contribution in [2.75, 3.05) is 11.9 Å². The van der Waals surface area contributed by atoms with Crippen LogP contribution in [0.3, 0.4) is 0 Å². The standard InChI is InChI=1S/C22H23FN6O2S/c1-21(2)20(25)29-22(3,16-10-11-26-32(16,21)31)18-15(23)8-9-17(27-18)28-19(30)14-6-4-13(12-24)5-7-14/h4-9,16H,10-11H2,1-3H3,(H2,25,29)(H,27,28,30)/t16-,22-,32+/m0/s1. The highest BCUT2D eigenvalue weighted by Crippen LogP contribution is 2.47. The molecule has 0 radical (unpaired) electrons. The maximum absolute atomic E-state index is 15.0. The average Bonchev–Trinajstić information content (AvgIpc) is 3.18. The number of hydrogen-bond donors (Lipinski definition) is 2. The van der Waals surface area contributed by atoms with E-state index in [0.29, 0.717) is 24.1 Å². The molecule has 0 spiro atoms. The summed E-state index contributed by atoms with van der Waals surface area (Å²) in [5, 5.41) is 11.0. The number of nitrogens with zero attached hydrogens (tertiary/aromatic N) is 4. The Labute approximate surface area is 185 Å². The molecule has 2 aliphatic heterocycles. The third-order valence-corrected chi connectivity index (χ3v) is 9.93. The number of nitrogens with one attached hydrogen (secondary N) is 1. The minimum absolute atomic E-state index is 0.0385. The number of anilines is 1. The number of amidine groups is 1. The van der Waals surface area contributed by atoms with Crippen molar-refractivity contribution in [3.63, 3.8) is 0 Å². The first kappa shape index (κ1) is 21.9. The van der Waals surface area contributed by atoms with Gasteiger partial charge in [-0.2, -0.15) is 5.26 Å². The number of amides is 1. The molecule has 1 aromatic heterocycles.